The molecule has 0 aromatic heterocycles. The third-order valence-electron chi connectivity index (χ3n) is 7.59. The maximum atomic E-state index is 13.3. The molecule has 3 aromatic rings. The molecule has 3 rings (SSSR count). The fourth-order valence-electron chi connectivity index (χ4n) is 4.78. The quantitative estimate of drug-likeness (QED) is 0.0698. The summed E-state index contributed by atoms with van der Waals surface area (Å²) in [5.41, 5.74) is 0.240. The van der Waals surface area contributed by atoms with Gasteiger partial charge < -0.3 is 18.9 Å². The number of unbranched alkanes of at least 4 members (excludes halogenated alkanes) is 8. The van der Waals surface area contributed by atoms with Gasteiger partial charge in [-0.25, -0.2) is 14.4 Å². The summed E-state index contributed by atoms with van der Waals surface area (Å²) in [6, 6.07) is 16.6. The van der Waals surface area contributed by atoms with E-state index in [1.165, 1.54) is 98.5 Å². The molecular weight excluding hydrogens is 641 g/mol. The van der Waals surface area contributed by atoms with E-state index in [9.17, 15) is 32.3 Å². The molecule has 0 N–H and O–H groups in total. The van der Waals surface area contributed by atoms with Gasteiger partial charge in [-0.15, -0.1) is 0 Å². The number of benzene rings is 3. The molecular formula is C38H43F3O8. The first-order chi connectivity index (χ1) is 23.5. The van der Waals surface area contributed by atoms with Crippen molar-refractivity contribution in [2.45, 2.75) is 103 Å². The lowest BCUT2D eigenvalue weighted by Gasteiger charge is -2.20. The van der Waals surface area contributed by atoms with Gasteiger partial charge in [0.15, 0.2) is 6.10 Å². The number of carbonyl (C=O) groups excluding carboxylic acids is 4. The lowest BCUT2D eigenvalue weighted by Crippen LogP contribution is -2.33. The maximum absolute atomic E-state index is 13.3. The second-order valence-corrected chi connectivity index (χ2v) is 11.6. The van der Waals surface area contributed by atoms with Gasteiger partial charge in [0.05, 0.1) is 16.7 Å². The number of hydrogen-bond donors (Lipinski definition) is 0. The number of hydrogen-bond acceptors (Lipinski definition) is 8. The Hall–Kier alpha value is -4.67. The predicted molar refractivity (Wildman–Crippen MR) is 177 cm³/mol. The smallest absolute Gasteiger partial charge is 0.425 e. The second-order valence-electron chi connectivity index (χ2n) is 11.6. The van der Waals surface area contributed by atoms with E-state index in [2.05, 4.69) is 6.92 Å². The molecule has 0 radical (unpaired) electrons. The summed E-state index contributed by atoms with van der Waals surface area (Å²) in [7, 11) is 0. The monoisotopic (exact) mass is 684 g/mol. The first kappa shape index (κ1) is 38.8. The highest BCUT2D eigenvalue weighted by atomic mass is 19.4. The molecule has 0 aliphatic carbocycles. The predicted octanol–water partition coefficient (Wildman–Crippen LogP) is 9.84. The highest BCUT2D eigenvalue weighted by Crippen LogP contribution is 2.28. The van der Waals surface area contributed by atoms with Gasteiger partial charge in [0.2, 0.25) is 0 Å². The molecule has 0 saturated carbocycles. The van der Waals surface area contributed by atoms with Gasteiger partial charge in [0.1, 0.15) is 17.2 Å². The van der Waals surface area contributed by atoms with Crippen LogP contribution in [-0.2, 0) is 9.53 Å². The van der Waals surface area contributed by atoms with E-state index in [1.807, 2.05) is 6.92 Å². The van der Waals surface area contributed by atoms with E-state index in [-0.39, 0.29) is 47.0 Å². The standard InChI is InChI=1S/C38H43F3O8/c1-3-5-7-8-9-10-12-14-34(42)46-30-21-15-27(16-22-30)35(43)47-31-23-17-28(18-24-31)36(44)48-32-25-19-29(20-26-32)37(45)49-33(38(39,40)41)13-11-6-4-2/h15-26,33H,3-14H2,1-2H3/t33-/m1/s1. The van der Waals surface area contributed by atoms with Crippen molar-refractivity contribution in [1.29, 1.82) is 0 Å². The molecule has 0 unspecified atom stereocenters. The second kappa shape index (κ2) is 20.0. The van der Waals surface area contributed by atoms with Crippen LogP contribution >= 0.6 is 0 Å². The van der Waals surface area contributed by atoms with E-state index >= 15 is 0 Å². The first-order valence-corrected chi connectivity index (χ1v) is 16.7. The molecule has 8 nitrogen and oxygen atoms in total. The topological polar surface area (TPSA) is 105 Å². The van der Waals surface area contributed by atoms with Crippen molar-refractivity contribution in [1.82, 2.24) is 0 Å². The van der Waals surface area contributed by atoms with E-state index in [1.54, 1.807) is 0 Å². The van der Waals surface area contributed by atoms with Gasteiger partial charge in [0, 0.05) is 6.42 Å². The highest BCUT2D eigenvalue weighted by molar-refractivity contribution is 5.93. The zero-order chi connectivity index (χ0) is 35.6. The summed E-state index contributed by atoms with van der Waals surface area (Å²) < 4.78 is 60.6. The molecule has 0 heterocycles. The molecule has 0 spiro atoms. The molecule has 0 fully saturated rings. The van der Waals surface area contributed by atoms with E-state index < -0.39 is 30.2 Å². The molecule has 3 aromatic carbocycles. The van der Waals surface area contributed by atoms with Gasteiger partial charge in [-0.1, -0.05) is 65.2 Å². The van der Waals surface area contributed by atoms with Crippen molar-refractivity contribution in [3.05, 3.63) is 89.5 Å². The van der Waals surface area contributed by atoms with Crippen LogP contribution in [0.25, 0.3) is 0 Å². The van der Waals surface area contributed by atoms with Gasteiger partial charge in [-0.05, 0) is 92.1 Å². The van der Waals surface area contributed by atoms with Crippen LogP contribution in [0.4, 0.5) is 13.2 Å². The molecule has 264 valence electrons. The number of esters is 4. The molecule has 0 aliphatic rings. The van der Waals surface area contributed by atoms with Crippen LogP contribution in [0, 0.1) is 0 Å². The summed E-state index contributed by atoms with van der Waals surface area (Å²) in [6.45, 7) is 4.03. The lowest BCUT2D eigenvalue weighted by atomic mass is 10.1. The summed E-state index contributed by atoms with van der Waals surface area (Å²) in [5, 5.41) is 0. The Bertz CT molecular complexity index is 1480. The van der Waals surface area contributed by atoms with Crippen LogP contribution < -0.4 is 14.2 Å². The first-order valence-electron chi connectivity index (χ1n) is 16.7. The van der Waals surface area contributed by atoms with Crippen LogP contribution in [0.1, 0.15) is 122 Å². The van der Waals surface area contributed by atoms with Crippen LogP contribution in [0.5, 0.6) is 17.2 Å². The van der Waals surface area contributed by atoms with Gasteiger partial charge >= 0.3 is 30.1 Å². The van der Waals surface area contributed by atoms with Crippen molar-refractivity contribution in [3.8, 4) is 17.2 Å². The lowest BCUT2D eigenvalue weighted by molar-refractivity contribution is -0.206. The number of rotatable bonds is 19. The summed E-state index contributed by atoms with van der Waals surface area (Å²) in [4.78, 5) is 49.7. The number of carbonyl (C=O) groups is 4. The Morgan fingerprint density at radius 3 is 1.37 bits per heavy atom. The van der Waals surface area contributed by atoms with Crippen molar-refractivity contribution in [2.24, 2.45) is 0 Å². The Balaban J connectivity index is 1.45. The maximum Gasteiger partial charge on any atom is 0.425 e. The molecule has 1 atom stereocenters. The fourth-order valence-corrected chi connectivity index (χ4v) is 4.78. The van der Waals surface area contributed by atoms with Crippen LogP contribution in [0.2, 0.25) is 0 Å². The van der Waals surface area contributed by atoms with E-state index in [0.717, 1.165) is 25.7 Å². The normalized spacial score (nSPS) is 11.8. The van der Waals surface area contributed by atoms with Crippen LogP contribution in [-0.4, -0.2) is 36.2 Å². The fraction of sp³-hybridized carbons (Fsp3) is 0.421. The Labute approximate surface area is 284 Å². The van der Waals surface area contributed by atoms with Crippen molar-refractivity contribution in [2.75, 3.05) is 0 Å². The third-order valence-corrected chi connectivity index (χ3v) is 7.59. The van der Waals surface area contributed by atoms with Crippen LogP contribution in [0.15, 0.2) is 72.8 Å². The minimum Gasteiger partial charge on any atom is -0.449 e. The minimum absolute atomic E-state index is 0.0549. The Morgan fingerprint density at radius 2 is 0.918 bits per heavy atom. The van der Waals surface area contributed by atoms with Gasteiger partial charge in [-0.2, -0.15) is 13.2 Å². The van der Waals surface area contributed by atoms with Gasteiger partial charge in [-0.3, -0.25) is 4.79 Å². The molecule has 0 saturated heterocycles. The zero-order valence-electron chi connectivity index (χ0n) is 27.9. The number of ether oxygens (including phenoxy) is 4. The molecule has 0 amide bonds. The average Bonchev–Trinajstić information content (AvgIpc) is 3.08. The molecule has 0 bridgehead atoms. The van der Waals surface area contributed by atoms with Crippen LogP contribution in [0.3, 0.4) is 0 Å². The summed E-state index contributed by atoms with van der Waals surface area (Å²) in [6.07, 6.45) is 2.42. The van der Waals surface area contributed by atoms with Crippen molar-refractivity contribution >= 4 is 23.9 Å². The van der Waals surface area contributed by atoms with Crippen molar-refractivity contribution in [3.63, 3.8) is 0 Å². The summed E-state index contributed by atoms with van der Waals surface area (Å²) in [5.74, 6) is -2.31. The zero-order valence-corrected chi connectivity index (χ0v) is 27.9. The largest absolute Gasteiger partial charge is 0.449 e. The average molecular weight is 685 g/mol. The molecule has 0 aliphatic heterocycles. The highest BCUT2D eigenvalue weighted by Gasteiger charge is 2.42. The molecule has 49 heavy (non-hydrogen) atoms. The Kier molecular flexibility index (Phi) is 15.8. The van der Waals surface area contributed by atoms with E-state index in [0.29, 0.717) is 18.6 Å². The van der Waals surface area contributed by atoms with E-state index in [4.69, 9.17) is 18.9 Å². The molecule has 11 heteroatoms. The summed E-state index contributed by atoms with van der Waals surface area (Å²) >= 11 is 0. The Morgan fingerprint density at radius 1 is 0.531 bits per heavy atom. The SMILES string of the molecule is CCCCCCCCCC(=O)Oc1ccc(C(=O)Oc2ccc(C(=O)Oc3ccc(C(=O)O[C@H](CCCCC)C(F)(F)F)cc3)cc2)cc1. The van der Waals surface area contributed by atoms with Gasteiger partial charge in [0.25, 0.3) is 0 Å². The third kappa shape index (κ3) is 13.8. The van der Waals surface area contributed by atoms with Crippen molar-refractivity contribution < 1.29 is 51.3 Å². The minimum atomic E-state index is -4.68. The number of alkyl halides is 3. The number of halogens is 3.